The van der Waals surface area contributed by atoms with E-state index in [9.17, 15) is 4.79 Å². The lowest BCUT2D eigenvalue weighted by molar-refractivity contribution is -0.128. The highest BCUT2D eigenvalue weighted by Gasteiger charge is 2.36. The number of guanidine groups is 1. The molecule has 0 spiro atoms. The molecule has 0 aromatic rings. The summed E-state index contributed by atoms with van der Waals surface area (Å²) in [5, 5.41) is 9.41. The summed E-state index contributed by atoms with van der Waals surface area (Å²) in [5.41, 5.74) is -0.177. The maximum Gasteiger partial charge on any atom is 0.227 e. The molecule has 1 amide bonds. The van der Waals surface area contributed by atoms with Crippen LogP contribution in [0.5, 0.6) is 0 Å². The van der Waals surface area contributed by atoms with Crippen molar-refractivity contribution in [3.05, 3.63) is 0 Å². The highest BCUT2D eigenvalue weighted by Crippen LogP contribution is 2.43. The SMILES string of the molecule is CCNC(=NCC(C)(C)C(=O)NC)NCC1(CCOC)CCC1. The van der Waals surface area contributed by atoms with Crippen molar-refractivity contribution in [2.75, 3.05) is 40.4 Å². The van der Waals surface area contributed by atoms with Crippen LogP contribution in [0.3, 0.4) is 0 Å². The second-order valence-corrected chi connectivity index (χ2v) is 7.11. The van der Waals surface area contributed by atoms with Crippen LogP contribution < -0.4 is 16.0 Å². The Hall–Kier alpha value is -1.30. The third kappa shape index (κ3) is 6.01. The van der Waals surface area contributed by atoms with Crippen LogP contribution in [0.2, 0.25) is 0 Å². The number of ether oxygens (including phenoxy) is 1. The van der Waals surface area contributed by atoms with Crippen LogP contribution in [-0.2, 0) is 9.53 Å². The van der Waals surface area contributed by atoms with Gasteiger partial charge >= 0.3 is 0 Å². The maximum absolute atomic E-state index is 11.9. The molecule has 0 bridgehead atoms. The van der Waals surface area contributed by atoms with E-state index in [0.29, 0.717) is 12.0 Å². The summed E-state index contributed by atoms with van der Waals surface area (Å²) in [5.74, 6) is 0.792. The molecule has 0 aromatic heterocycles. The van der Waals surface area contributed by atoms with Gasteiger partial charge in [0.2, 0.25) is 5.91 Å². The lowest BCUT2D eigenvalue weighted by Crippen LogP contribution is -2.47. The molecule has 1 rings (SSSR count). The summed E-state index contributed by atoms with van der Waals surface area (Å²) in [6.07, 6.45) is 4.86. The topological polar surface area (TPSA) is 74.8 Å². The van der Waals surface area contributed by atoms with Crippen LogP contribution in [0.4, 0.5) is 0 Å². The first kappa shape index (κ1) is 19.7. The molecule has 6 nitrogen and oxygen atoms in total. The van der Waals surface area contributed by atoms with Gasteiger partial charge in [-0.3, -0.25) is 9.79 Å². The molecule has 1 aliphatic carbocycles. The molecule has 0 unspecified atom stereocenters. The number of rotatable bonds is 9. The molecule has 1 fully saturated rings. The highest BCUT2D eigenvalue weighted by atomic mass is 16.5. The highest BCUT2D eigenvalue weighted by molar-refractivity contribution is 5.83. The Labute approximate surface area is 140 Å². The summed E-state index contributed by atoms with van der Waals surface area (Å²) in [6, 6.07) is 0. The summed E-state index contributed by atoms with van der Waals surface area (Å²) in [4.78, 5) is 16.5. The number of nitrogens with one attached hydrogen (secondary N) is 3. The first-order chi connectivity index (χ1) is 10.9. The van der Waals surface area contributed by atoms with E-state index in [1.165, 1.54) is 19.3 Å². The molecule has 23 heavy (non-hydrogen) atoms. The lowest BCUT2D eigenvalue weighted by atomic mass is 9.67. The molecule has 1 aliphatic rings. The molecule has 134 valence electrons. The minimum Gasteiger partial charge on any atom is -0.385 e. The van der Waals surface area contributed by atoms with Crippen LogP contribution in [0, 0.1) is 10.8 Å². The van der Waals surface area contributed by atoms with E-state index in [-0.39, 0.29) is 5.91 Å². The standard InChI is InChI=1S/C17H34N4O2/c1-6-19-15(20-12-16(2,3)14(22)18-4)21-13-17(8-7-9-17)10-11-23-5/h6-13H2,1-5H3,(H,18,22)(H2,19,20,21). The number of hydrogen-bond donors (Lipinski definition) is 3. The third-order valence-electron chi connectivity index (χ3n) is 4.70. The quantitative estimate of drug-likeness (QED) is 0.444. The Balaban J connectivity index is 2.60. The van der Waals surface area contributed by atoms with Crippen LogP contribution in [0.15, 0.2) is 4.99 Å². The minimum absolute atomic E-state index is 0.00709. The van der Waals surface area contributed by atoms with E-state index < -0.39 is 5.41 Å². The molecule has 0 saturated heterocycles. The first-order valence-electron chi connectivity index (χ1n) is 8.62. The van der Waals surface area contributed by atoms with E-state index in [0.717, 1.165) is 32.1 Å². The molecule has 0 atom stereocenters. The molecular formula is C17H34N4O2. The second kappa shape index (κ2) is 9.11. The van der Waals surface area contributed by atoms with Crippen molar-refractivity contribution in [2.24, 2.45) is 15.8 Å². The second-order valence-electron chi connectivity index (χ2n) is 7.11. The van der Waals surface area contributed by atoms with Gasteiger partial charge in [-0.1, -0.05) is 6.42 Å². The van der Waals surface area contributed by atoms with E-state index in [1.807, 2.05) is 20.8 Å². The molecule has 3 N–H and O–H groups in total. The molecule has 0 radical (unpaired) electrons. The summed E-state index contributed by atoms with van der Waals surface area (Å²) in [7, 11) is 3.42. The van der Waals surface area contributed by atoms with Gasteiger partial charge < -0.3 is 20.7 Å². The number of hydrogen-bond acceptors (Lipinski definition) is 3. The Morgan fingerprint density at radius 1 is 1.30 bits per heavy atom. The Bertz CT molecular complexity index is 403. The van der Waals surface area contributed by atoms with Gasteiger partial charge in [0.1, 0.15) is 0 Å². The zero-order valence-corrected chi connectivity index (χ0v) is 15.4. The Kier molecular flexibility index (Phi) is 7.82. The zero-order valence-electron chi connectivity index (χ0n) is 15.4. The van der Waals surface area contributed by atoms with Crippen molar-refractivity contribution in [1.82, 2.24) is 16.0 Å². The van der Waals surface area contributed by atoms with Gasteiger partial charge in [-0.05, 0) is 45.4 Å². The number of aliphatic imine (C=N–C) groups is 1. The van der Waals surface area contributed by atoms with E-state index in [4.69, 9.17) is 4.74 Å². The fourth-order valence-electron chi connectivity index (χ4n) is 2.81. The lowest BCUT2D eigenvalue weighted by Gasteiger charge is -2.42. The number of amides is 1. The zero-order chi connectivity index (χ0) is 17.3. The monoisotopic (exact) mass is 326 g/mol. The van der Waals surface area contributed by atoms with Gasteiger partial charge in [-0.25, -0.2) is 0 Å². The van der Waals surface area contributed by atoms with Crippen molar-refractivity contribution in [3.63, 3.8) is 0 Å². The van der Waals surface area contributed by atoms with E-state index in [1.54, 1.807) is 14.2 Å². The number of carbonyl (C=O) groups is 1. The van der Waals surface area contributed by atoms with Crippen molar-refractivity contribution in [3.8, 4) is 0 Å². The summed E-state index contributed by atoms with van der Waals surface area (Å²) < 4.78 is 5.24. The summed E-state index contributed by atoms with van der Waals surface area (Å²) in [6.45, 7) is 8.83. The molecule has 0 heterocycles. The van der Waals surface area contributed by atoms with Gasteiger partial charge in [0, 0.05) is 33.9 Å². The minimum atomic E-state index is -0.513. The average Bonchev–Trinajstić information content (AvgIpc) is 2.50. The normalized spacial score (nSPS) is 17.3. The van der Waals surface area contributed by atoms with Crippen LogP contribution in [0.1, 0.15) is 46.5 Å². The number of nitrogens with zero attached hydrogens (tertiary/aromatic N) is 1. The molecular weight excluding hydrogens is 292 g/mol. The van der Waals surface area contributed by atoms with Crippen molar-refractivity contribution in [1.29, 1.82) is 0 Å². The smallest absolute Gasteiger partial charge is 0.227 e. The maximum atomic E-state index is 11.9. The Morgan fingerprint density at radius 3 is 2.48 bits per heavy atom. The van der Waals surface area contributed by atoms with Crippen molar-refractivity contribution < 1.29 is 9.53 Å². The van der Waals surface area contributed by atoms with Crippen molar-refractivity contribution in [2.45, 2.75) is 46.5 Å². The van der Waals surface area contributed by atoms with Gasteiger partial charge in [-0.2, -0.15) is 0 Å². The average molecular weight is 326 g/mol. The predicted molar refractivity (Wildman–Crippen MR) is 94.6 cm³/mol. The molecule has 1 saturated carbocycles. The van der Waals surface area contributed by atoms with Crippen LogP contribution in [0.25, 0.3) is 0 Å². The number of methoxy groups -OCH3 is 1. The fraction of sp³-hybridized carbons (Fsp3) is 0.882. The van der Waals surface area contributed by atoms with Gasteiger partial charge in [0.05, 0.1) is 12.0 Å². The van der Waals surface area contributed by atoms with Crippen LogP contribution >= 0.6 is 0 Å². The van der Waals surface area contributed by atoms with E-state index >= 15 is 0 Å². The van der Waals surface area contributed by atoms with Gasteiger partial charge in [0.15, 0.2) is 5.96 Å². The van der Waals surface area contributed by atoms with E-state index in [2.05, 4.69) is 20.9 Å². The molecule has 0 aliphatic heterocycles. The Morgan fingerprint density at radius 2 is 2.00 bits per heavy atom. The fourth-order valence-corrected chi connectivity index (χ4v) is 2.81. The largest absolute Gasteiger partial charge is 0.385 e. The van der Waals surface area contributed by atoms with Gasteiger partial charge in [0.25, 0.3) is 0 Å². The summed E-state index contributed by atoms with van der Waals surface area (Å²) >= 11 is 0. The van der Waals surface area contributed by atoms with Crippen LogP contribution in [-0.4, -0.2) is 52.3 Å². The predicted octanol–water partition coefficient (Wildman–Crippen LogP) is 1.52. The molecule has 0 aromatic carbocycles. The first-order valence-corrected chi connectivity index (χ1v) is 8.62. The van der Waals surface area contributed by atoms with Gasteiger partial charge in [-0.15, -0.1) is 0 Å². The molecule has 6 heteroatoms. The van der Waals surface area contributed by atoms with Crippen molar-refractivity contribution >= 4 is 11.9 Å². The number of carbonyl (C=O) groups excluding carboxylic acids is 1. The third-order valence-corrected chi connectivity index (χ3v) is 4.70.